The van der Waals surface area contributed by atoms with Crippen LogP contribution in [0.2, 0.25) is 0 Å². The molecule has 1 N–H and O–H groups in total. The van der Waals surface area contributed by atoms with E-state index in [0.717, 1.165) is 12.1 Å². The van der Waals surface area contributed by atoms with Crippen molar-refractivity contribution in [3.05, 3.63) is 42.0 Å². The van der Waals surface area contributed by atoms with Gasteiger partial charge in [0.05, 0.1) is 17.9 Å². The van der Waals surface area contributed by atoms with E-state index in [1.807, 2.05) is 11.0 Å². The van der Waals surface area contributed by atoms with Crippen molar-refractivity contribution in [3.8, 4) is 11.1 Å². The van der Waals surface area contributed by atoms with Crippen LogP contribution in [0.3, 0.4) is 0 Å². The third kappa shape index (κ3) is 3.52. The Morgan fingerprint density at radius 3 is 2.57 bits per heavy atom. The molecule has 0 amide bonds. The highest BCUT2D eigenvalue weighted by Crippen LogP contribution is 2.41. The van der Waals surface area contributed by atoms with Gasteiger partial charge in [-0.15, -0.1) is 0 Å². The van der Waals surface area contributed by atoms with Gasteiger partial charge in [0.1, 0.15) is 5.52 Å². The largest absolute Gasteiger partial charge is 0.418 e. The molecular weight excluding hydrogens is 399 g/mol. The van der Waals surface area contributed by atoms with Gasteiger partial charge < -0.3 is 14.7 Å². The van der Waals surface area contributed by atoms with E-state index in [0.29, 0.717) is 48.1 Å². The van der Waals surface area contributed by atoms with E-state index in [-0.39, 0.29) is 11.7 Å². The monoisotopic (exact) mass is 419 g/mol. The van der Waals surface area contributed by atoms with E-state index in [1.54, 1.807) is 18.2 Å². The molecule has 158 valence electrons. The topological polar surface area (TPSA) is 71.6 Å². The molecule has 0 radical (unpaired) electrons. The van der Waals surface area contributed by atoms with Crippen LogP contribution in [0.25, 0.3) is 22.2 Å². The lowest BCUT2D eigenvalue weighted by molar-refractivity contribution is -0.243. The zero-order valence-corrected chi connectivity index (χ0v) is 16.0. The van der Waals surface area contributed by atoms with Crippen LogP contribution in [0.1, 0.15) is 30.9 Å². The predicted octanol–water partition coefficient (Wildman–Crippen LogP) is 4.24. The molecule has 9 heteroatoms. The Morgan fingerprint density at radius 2 is 1.90 bits per heavy atom. The number of aliphatic hydroxyl groups is 1. The first-order valence-corrected chi connectivity index (χ1v) is 9.90. The van der Waals surface area contributed by atoms with Gasteiger partial charge in [-0.25, -0.2) is 4.63 Å². The van der Waals surface area contributed by atoms with Crippen molar-refractivity contribution in [2.75, 3.05) is 18.0 Å². The minimum Gasteiger partial charge on any atom is -0.389 e. The van der Waals surface area contributed by atoms with Crippen LogP contribution in [0, 0.1) is 0 Å². The Kier molecular flexibility index (Phi) is 4.67. The Hall–Kier alpha value is -2.65. The number of hydrogen-bond acceptors (Lipinski definition) is 6. The number of halogens is 3. The quantitative estimate of drug-likeness (QED) is 0.667. The number of rotatable bonds is 5. The second-order valence-electron chi connectivity index (χ2n) is 7.92. The first kappa shape index (κ1) is 19.3. The summed E-state index contributed by atoms with van der Waals surface area (Å²) in [5, 5.41) is 17.5. The van der Waals surface area contributed by atoms with E-state index < -0.39 is 18.4 Å². The fraction of sp³-hybridized carbons (Fsp3) is 0.429. The van der Waals surface area contributed by atoms with Crippen LogP contribution < -0.4 is 4.90 Å². The summed E-state index contributed by atoms with van der Waals surface area (Å²) in [7, 11) is 0. The number of benzene rings is 2. The number of aromatic nitrogens is 2. The molecule has 6 nitrogen and oxygen atoms in total. The molecule has 1 aromatic heterocycles. The van der Waals surface area contributed by atoms with E-state index in [2.05, 4.69) is 10.3 Å². The zero-order chi connectivity index (χ0) is 20.9. The number of fused-ring (bicyclic) bond motifs is 1. The zero-order valence-electron chi connectivity index (χ0n) is 16.0. The number of hydrogen-bond donors (Lipinski definition) is 1. The van der Waals surface area contributed by atoms with Gasteiger partial charge in [-0.05, 0) is 64.5 Å². The van der Waals surface area contributed by atoms with Crippen molar-refractivity contribution in [1.82, 2.24) is 10.3 Å². The van der Waals surface area contributed by atoms with Crippen LogP contribution in [-0.2, 0) is 4.74 Å². The summed E-state index contributed by atoms with van der Waals surface area (Å²) in [6, 6.07) is 9.89. The fourth-order valence-electron chi connectivity index (χ4n) is 3.86. The standard InChI is InChI=1S/C21H20F3N3O3/c22-21(23,24)20(29-16-5-2-6-16)13-4-1-3-12(7-13)14-8-17-19(26-30-25-17)18(9-14)27-10-15(28)11-27/h1,3-4,7-9,15-16,20,28H,2,5-6,10-11H2. The molecule has 0 spiro atoms. The van der Waals surface area contributed by atoms with Gasteiger partial charge in [0.25, 0.3) is 0 Å². The number of ether oxygens (including phenoxy) is 1. The summed E-state index contributed by atoms with van der Waals surface area (Å²) in [6.45, 7) is 0.910. The summed E-state index contributed by atoms with van der Waals surface area (Å²) >= 11 is 0. The number of alkyl halides is 3. The van der Waals surface area contributed by atoms with Crippen LogP contribution >= 0.6 is 0 Å². The predicted molar refractivity (Wildman–Crippen MR) is 103 cm³/mol. The normalized spacial score (nSPS) is 19.0. The first-order chi connectivity index (χ1) is 14.4. The van der Waals surface area contributed by atoms with Crippen molar-refractivity contribution in [1.29, 1.82) is 0 Å². The van der Waals surface area contributed by atoms with E-state index in [4.69, 9.17) is 9.37 Å². The van der Waals surface area contributed by atoms with E-state index >= 15 is 0 Å². The minimum atomic E-state index is -4.49. The maximum absolute atomic E-state index is 13.7. The fourth-order valence-corrected chi connectivity index (χ4v) is 3.86. The molecule has 5 rings (SSSR count). The molecule has 3 aromatic rings. The van der Waals surface area contributed by atoms with Gasteiger partial charge in [-0.1, -0.05) is 18.2 Å². The van der Waals surface area contributed by atoms with Gasteiger partial charge >= 0.3 is 6.18 Å². The van der Waals surface area contributed by atoms with Crippen molar-refractivity contribution in [2.24, 2.45) is 0 Å². The summed E-state index contributed by atoms with van der Waals surface area (Å²) in [5.41, 5.74) is 3.19. The minimum absolute atomic E-state index is 0.0752. The highest BCUT2D eigenvalue weighted by atomic mass is 19.4. The first-order valence-electron chi connectivity index (χ1n) is 9.90. The third-order valence-corrected chi connectivity index (χ3v) is 5.74. The highest BCUT2D eigenvalue weighted by Gasteiger charge is 2.44. The van der Waals surface area contributed by atoms with Gasteiger partial charge in [-0.3, -0.25) is 0 Å². The summed E-state index contributed by atoms with van der Waals surface area (Å²) in [6.07, 6.45) is -4.99. The molecule has 30 heavy (non-hydrogen) atoms. The molecule has 1 saturated heterocycles. The summed E-state index contributed by atoms with van der Waals surface area (Å²) < 4.78 is 51.3. The van der Waals surface area contributed by atoms with Crippen LogP contribution in [0.15, 0.2) is 41.0 Å². The SMILES string of the molecule is OC1CN(c2cc(-c3cccc(C(OC4CCC4)C(F)(F)F)c3)cc3nonc23)C1. The number of aliphatic hydroxyl groups excluding tert-OH is 1. The number of anilines is 1. The lowest BCUT2D eigenvalue weighted by Gasteiger charge is -2.37. The van der Waals surface area contributed by atoms with E-state index in [1.165, 1.54) is 12.1 Å². The molecule has 2 aromatic carbocycles. The smallest absolute Gasteiger partial charge is 0.389 e. The van der Waals surface area contributed by atoms with Crippen molar-refractivity contribution in [2.45, 2.75) is 43.8 Å². The Bertz CT molecular complexity index is 1060. The molecule has 1 saturated carbocycles. The molecule has 2 fully saturated rings. The lowest BCUT2D eigenvalue weighted by Crippen LogP contribution is -2.50. The average Bonchev–Trinajstić information content (AvgIpc) is 3.11. The Morgan fingerprint density at radius 1 is 1.10 bits per heavy atom. The number of β-amino-alcohol motifs (C(OH)–C–C–N with tert-alkyl or cyclic N) is 1. The maximum Gasteiger partial charge on any atom is 0.418 e. The Labute approximate surface area is 170 Å². The van der Waals surface area contributed by atoms with Crippen molar-refractivity contribution >= 4 is 16.7 Å². The second-order valence-corrected chi connectivity index (χ2v) is 7.92. The highest BCUT2D eigenvalue weighted by molar-refractivity contribution is 5.93. The average molecular weight is 419 g/mol. The summed E-state index contributed by atoms with van der Waals surface area (Å²) in [5.74, 6) is 0. The molecule has 2 heterocycles. The maximum atomic E-state index is 13.7. The van der Waals surface area contributed by atoms with Gasteiger partial charge in [0.2, 0.25) is 0 Å². The van der Waals surface area contributed by atoms with Crippen molar-refractivity contribution in [3.63, 3.8) is 0 Å². The molecule has 1 aliphatic carbocycles. The molecule has 1 unspecified atom stereocenters. The second kappa shape index (κ2) is 7.24. The molecular formula is C21H20F3N3O3. The number of nitrogens with zero attached hydrogens (tertiary/aromatic N) is 3. The molecule has 1 aliphatic heterocycles. The van der Waals surface area contributed by atoms with Gasteiger partial charge in [-0.2, -0.15) is 13.2 Å². The molecule has 0 bridgehead atoms. The van der Waals surface area contributed by atoms with Gasteiger partial charge in [0.15, 0.2) is 11.6 Å². The molecule has 2 aliphatic rings. The Balaban J connectivity index is 1.52. The van der Waals surface area contributed by atoms with Gasteiger partial charge in [0, 0.05) is 13.1 Å². The van der Waals surface area contributed by atoms with Crippen LogP contribution in [0.5, 0.6) is 0 Å². The third-order valence-electron chi connectivity index (χ3n) is 5.74. The van der Waals surface area contributed by atoms with Crippen molar-refractivity contribution < 1.29 is 27.6 Å². The summed E-state index contributed by atoms with van der Waals surface area (Å²) in [4.78, 5) is 1.93. The lowest BCUT2D eigenvalue weighted by atomic mass is 9.95. The van der Waals surface area contributed by atoms with Crippen LogP contribution in [-0.4, -0.2) is 46.9 Å². The van der Waals surface area contributed by atoms with Crippen LogP contribution in [0.4, 0.5) is 18.9 Å². The van der Waals surface area contributed by atoms with E-state index in [9.17, 15) is 18.3 Å². The molecule has 1 atom stereocenters.